The van der Waals surface area contributed by atoms with Gasteiger partial charge < -0.3 is 9.97 Å². The van der Waals surface area contributed by atoms with Gasteiger partial charge in [0.2, 0.25) is 0 Å². The molecule has 2 aromatic heterocycles. The molecule has 0 aliphatic heterocycles. The smallest absolute Gasteiger partial charge is 0.138 e. The number of nitrogens with zero attached hydrogens (tertiary/aromatic N) is 2. The summed E-state index contributed by atoms with van der Waals surface area (Å²) in [6, 6.07) is 27.1. The number of aryl methyl sites for hydroxylation is 2. The van der Waals surface area contributed by atoms with Crippen LogP contribution in [-0.2, 0) is 5.41 Å². The standard InChI is InChI=1S/C45H54N4/c1-5-7-9-11-13-15-25-45(26-16-14-12-10-8-6-2)37-29-41-39(46-43(48-41)33-21-17-31(3)18-22-33)27-35(37)36-28-40-42(30-38(36)45)49-44(47-40)34-23-19-32(4)20-24-34/h17-24,27-30H,5-16,25-26H2,1-4H3,(H,46,48)(H,47,49). The maximum Gasteiger partial charge on any atom is 0.138 e. The molecule has 2 heterocycles. The van der Waals surface area contributed by atoms with Gasteiger partial charge in [0, 0.05) is 16.5 Å². The highest BCUT2D eigenvalue weighted by Crippen LogP contribution is 2.56. The fraction of sp³-hybridized carbons (Fsp3) is 0.422. The molecule has 1 aliphatic carbocycles. The van der Waals surface area contributed by atoms with Gasteiger partial charge in [0.1, 0.15) is 11.6 Å². The number of imidazole rings is 2. The lowest BCUT2D eigenvalue weighted by atomic mass is 9.70. The van der Waals surface area contributed by atoms with Crippen LogP contribution in [-0.4, -0.2) is 19.9 Å². The molecule has 0 bridgehead atoms. The number of aromatic nitrogens is 4. The molecule has 0 atom stereocenters. The van der Waals surface area contributed by atoms with Gasteiger partial charge >= 0.3 is 0 Å². The van der Waals surface area contributed by atoms with Crippen LogP contribution >= 0.6 is 0 Å². The highest BCUT2D eigenvalue weighted by atomic mass is 14.9. The SMILES string of the molecule is CCCCCCCCC1(CCCCCCCC)c2cc3[nH]c(-c4ccc(C)cc4)nc3cc2-c2cc3nc(-c4ccc(C)cc4)[nH]c3cc21. The highest BCUT2D eigenvalue weighted by Gasteiger charge is 2.43. The van der Waals surface area contributed by atoms with Crippen molar-refractivity contribution in [2.45, 2.75) is 123 Å². The Kier molecular flexibility index (Phi) is 10.0. The van der Waals surface area contributed by atoms with E-state index in [4.69, 9.17) is 9.97 Å². The lowest BCUT2D eigenvalue weighted by Crippen LogP contribution is -2.25. The van der Waals surface area contributed by atoms with Gasteiger partial charge in [0.05, 0.1) is 22.1 Å². The summed E-state index contributed by atoms with van der Waals surface area (Å²) in [5.41, 5.74) is 14.8. The normalized spacial score (nSPS) is 13.4. The quantitative estimate of drug-likeness (QED) is 0.102. The zero-order valence-electron chi connectivity index (χ0n) is 30.2. The van der Waals surface area contributed by atoms with Crippen LogP contribution in [0, 0.1) is 13.8 Å². The third-order valence-electron chi connectivity index (χ3n) is 11.1. The van der Waals surface area contributed by atoms with E-state index < -0.39 is 0 Å². The van der Waals surface area contributed by atoms with E-state index in [0.29, 0.717) is 0 Å². The van der Waals surface area contributed by atoms with Gasteiger partial charge in [0.25, 0.3) is 0 Å². The van der Waals surface area contributed by atoms with Gasteiger partial charge in [-0.1, -0.05) is 151 Å². The highest BCUT2D eigenvalue weighted by molar-refractivity contribution is 5.96. The number of aromatic amines is 2. The Morgan fingerprint density at radius 1 is 0.490 bits per heavy atom. The van der Waals surface area contributed by atoms with Crippen LogP contribution < -0.4 is 0 Å². The van der Waals surface area contributed by atoms with Crippen molar-refractivity contribution in [3.63, 3.8) is 0 Å². The summed E-state index contributed by atoms with van der Waals surface area (Å²) < 4.78 is 0. The fourth-order valence-corrected chi connectivity index (χ4v) is 8.27. The second-order valence-electron chi connectivity index (χ2n) is 14.9. The molecular formula is C45H54N4. The van der Waals surface area contributed by atoms with E-state index in [-0.39, 0.29) is 5.41 Å². The molecule has 7 rings (SSSR count). The summed E-state index contributed by atoms with van der Waals surface area (Å²) in [7, 11) is 0. The Labute approximate surface area is 293 Å². The molecule has 0 amide bonds. The molecule has 0 saturated heterocycles. The van der Waals surface area contributed by atoms with Crippen LogP contribution in [0.3, 0.4) is 0 Å². The van der Waals surface area contributed by atoms with E-state index in [1.807, 2.05) is 0 Å². The van der Waals surface area contributed by atoms with Crippen LogP contribution in [0.25, 0.3) is 56.0 Å². The van der Waals surface area contributed by atoms with Gasteiger partial charge in [-0.15, -0.1) is 0 Å². The third-order valence-corrected chi connectivity index (χ3v) is 11.1. The van der Waals surface area contributed by atoms with Gasteiger partial charge in [-0.05, 0) is 73.2 Å². The Balaban J connectivity index is 1.34. The van der Waals surface area contributed by atoms with Crippen LogP contribution in [0.2, 0.25) is 0 Å². The van der Waals surface area contributed by atoms with Crippen molar-refractivity contribution < 1.29 is 0 Å². The minimum Gasteiger partial charge on any atom is -0.338 e. The Morgan fingerprint density at radius 2 is 0.878 bits per heavy atom. The number of hydrogen-bond acceptors (Lipinski definition) is 2. The third kappa shape index (κ3) is 6.84. The number of H-pyrrole nitrogens is 2. The molecule has 4 heteroatoms. The first-order chi connectivity index (χ1) is 24.0. The predicted molar refractivity (Wildman–Crippen MR) is 208 cm³/mol. The maximum atomic E-state index is 5.15. The number of nitrogens with one attached hydrogen (secondary N) is 2. The number of benzene rings is 4. The first kappa shape index (κ1) is 33.3. The molecule has 0 saturated carbocycles. The van der Waals surface area contributed by atoms with Gasteiger partial charge in [-0.2, -0.15) is 0 Å². The largest absolute Gasteiger partial charge is 0.338 e. The summed E-state index contributed by atoms with van der Waals surface area (Å²) in [4.78, 5) is 17.8. The molecule has 4 aromatic carbocycles. The van der Waals surface area contributed by atoms with Crippen molar-refractivity contribution in [3.05, 3.63) is 95.1 Å². The van der Waals surface area contributed by atoms with Crippen molar-refractivity contribution in [1.29, 1.82) is 0 Å². The first-order valence-corrected chi connectivity index (χ1v) is 19.2. The van der Waals surface area contributed by atoms with E-state index in [9.17, 15) is 0 Å². The molecule has 49 heavy (non-hydrogen) atoms. The van der Waals surface area contributed by atoms with Crippen molar-refractivity contribution in [2.75, 3.05) is 0 Å². The van der Waals surface area contributed by atoms with Crippen LogP contribution in [0.1, 0.15) is 126 Å². The Bertz CT molecular complexity index is 1860. The molecule has 4 nitrogen and oxygen atoms in total. The number of fused-ring (bicyclic) bond motifs is 5. The second-order valence-corrected chi connectivity index (χ2v) is 14.9. The van der Waals surface area contributed by atoms with E-state index in [1.165, 1.54) is 123 Å². The molecule has 6 aromatic rings. The molecule has 0 fully saturated rings. The number of hydrogen-bond donors (Lipinski definition) is 2. The molecule has 0 spiro atoms. The van der Waals surface area contributed by atoms with Crippen LogP contribution in [0.15, 0.2) is 72.8 Å². The van der Waals surface area contributed by atoms with E-state index in [1.54, 1.807) is 0 Å². The summed E-state index contributed by atoms with van der Waals surface area (Å²) >= 11 is 0. The zero-order valence-corrected chi connectivity index (χ0v) is 30.2. The minimum atomic E-state index is -0.0210. The molecule has 1 aliphatic rings. The number of rotatable bonds is 16. The van der Waals surface area contributed by atoms with Crippen molar-refractivity contribution in [2.24, 2.45) is 0 Å². The Morgan fingerprint density at radius 3 is 1.29 bits per heavy atom. The number of unbranched alkanes of at least 4 members (excludes halogenated alkanes) is 10. The first-order valence-electron chi connectivity index (χ1n) is 19.2. The van der Waals surface area contributed by atoms with Gasteiger partial charge in [0.15, 0.2) is 0 Å². The molecule has 0 unspecified atom stereocenters. The maximum absolute atomic E-state index is 5.15. The van der Waals surface area contributed by atoms with Gasteiger partial charge in [-0.3, -0.25) is 0 Å². The van der Waals surface area contributed by atoms with E-state index in [2.05, 4.69) is 110 Å². The average molecular weight is 651 g/mol. The van der Waals surface area contributed by atoms with Crippen molar-refractivity contribution in [1.82, 2.24) is 19.9 Å². The Hall–Kier alpha value is -4.18. The molecule has 0 radical (unpaired) electrons. The van der Waals surface area contributed by atoms with Gasteiger partial charge in [-0.25, -0.2) is 9.97 Å². The summed E-state index contributed by atoms with van der Waals surface area (Å²) in [6.45, 7) is 8.89. The lowest BCUT2D eigenvalue weighted by Gasteiger charge is -2.33. The van der Waals surface area contributed by atoms with Crippen LogP contribution in [0.5, 0.6) is 0 Å². The van der Waals surface area contributed by atoms with Crippen molar-refractivity contribution in [3.8, 4) is 33.9 Å². The van der Waals surface area contributed by atoms with E-state index >= 15 is 0 Å². The van der Waals surface area contributed by atoms with Crippen LogP contribution in [0.4, 0.5) is 0 Å². The monoisotopic (exact) mass is 650 g/mol. The second kappa shape index (κ2) is 14.7. The fourth-order valence-electron chi connectivity index (χ4n) is 8.27. The summed E-state index contributed by atoms with van der Waals surface area (Å²) in [5.74, 6) is 1.89. The average Bonchev–Trinajstić information content (AvgIpc) is 3.79. The predicted octanol–water partition coefficient (Wildman–Crippen LogP) is 13.2. The summed E-state index contributed by atoms with van der Waals surface area (Å²) in [6.07, 6.45) is 18.1. The summed E-state index contributed by atoms with van der Waals surface area (Å²) in [5, 5.41) is 0. The topological polar surface area (TPSA) is 57.4 Å². The van der Waals surface area contributed by atoms with Crippen molar-refractivity contribution >= 4 is 22.1 Å². The van der Waals surface area contributed by atoms with E-state index in [0.717, 1.165) is 44.8 Å². The minimum absolute atomic E-state index is 0.0210. The molecule has 2 N–H and O–H groups in total. The zero-order chi connectivity index (χ0) is 33.8. The lowest BCUT2D eigenvalue weighted by molar-refractivity contribution is 0.398. The molecular weight excluding hydrogens is 597 g/mol. The molecule has 254 valence electrons.